The first kappa shape index (κ1) is 14.0. The molecule has 0 aromatic carbocycles. The van der Waals surface area contributed by atoms with Crippen molar-refractivity contribution >= 4 is 9.84 Å². The van der Waals surface area contributed by atoms with Gasteiger partial charge in [-0.2, -0.15) is 0 Å². The zero-order valence-corrected chi connectivity index (χ0v) is 11.5. The topological polar surface area (TPSA) is 38.6 Å². The standard InChI is InChI=1S/C12H25NO2S/c1-3-5-8-13(9-6-4-2)12-7-10-16(14,15)11-12/h12H,3-11H2,1-2H3/p+1. The Morgan fingerprint density at radius 3 is 2.06 bits per heavy atom. The summed E-state index contributed by atoms with van der Waals surface area (Å²) in [6.07, 6.45) is 5.72. The third-order valence-corrected chi connectivity index (χ3v) is 5.28. The molecule has 0 bridgehead atoms. The largest absolute Gasteiger partial charge is 0.332 e. The van der Waals surface area contributed by atoms with E-state index in [1.165, 1.54) is 30.6 Å². The van der Waals surface area contributed by atoms with E-state index in [1.54, 1.807) is 0 Å². The molecule has 1 heterocycles. The monoisotopic (exact) mass is 248 g/mol. The Bertz CT molecular complexity index is 279. The Kier molecular flexibility index (Phi) is 5.76. The lowest BCUT2D eigenvalue weighted by atomic mass is 10.2. The Morgan fingerprint density at radius 2 is 1.69 bits per heavy atom. The van der Waals surface area contributed by atoms with Crippen LogP contribution in [0.2, 0.25) is 0 Å². The molecule has 96 valence electrons. The quantitative estimate of drug-likeness (QED) is 0.719. The van der Waals surface area contributed by atoms with Gasteiger partial charge in [-0.1, -0.05) is 26.7 Å². The lowest BCUT2D eigenvalue weighted by molar-refractivity contribution is -0.922. The van der Waals surface area contributed by atoms with Gasteiger partial charge in [0, 0.05) is 6.42 Å². The molecular weight excluding hydrogens is 222 g/mol. The average Bonchev–Trinajstić information content (AvgIpc) is 2.59. The highest BCUT2D eigenvalue weighted by molar-refractivity contribution is 7.91. The van der Waals surface area contributed by atoms with Crippen molar-refractivity contribution in [1.29, 1.82) is 0 Å². The molecule has 1 saturated heterocycles. The lowest BCUT2D eigenvalue weighted by Crippen LogP contribution is -3.16. The van der Waals surface area contributed by atoms with Crippen molar-refractivity contribution in [2.75, 3.05) is 24.6 Å². The highest BCUT2D eigenvalue weighted by Gasteiger charge is 2.34. The van der Waals surface area contributed by atoms with E-state index >= 15 is 0 Å². The normalized spacial score (nSPS) is 24.1. The second kappa shape index (κ2) is 6.60. The molecule has 1 fully saturated rings. The molecule has 1 N–H and O–H groups in total. The van der Waals surface area contributed by atoms with Crippen LogP contribution in [0, 0.1) is 0 Å². The van der Waals surface area contributed by atoms with Gasteiger partial charge in [-0.05, 0) is 12.8 Å². The lowest BCUT2D eigenvalue weighted by Gasteiger charge is -2.24. The molecule has 1 aliphatic heterocycles. The molecule has 0 radical (unpaired) electrons. The Morgan fingerprint density at radius 1 is 1.12 bits per heavy atom. The summed E-state index contributed by atoms with van der Waals surface area (Å²) < 4.78 is 23.0. The molecule has 1 rings (SSSR count). The predicted molar refractivity (Wildman–Crippen MR) is 67.6 cm³/mol. The Labute approximate surface area is 100 Å². The van der Waals surface area contributed by atoms with E-state index in [2.05, 4.69) is 13.8 Å². The first-order valence-electron chi connectivity index (χ1n) is 6.64. The molecule has 1 aliphatic rings. The van der Waals surface area contributed by atoms with Crippen molar-refractivity contribution in [3.63, 3.8) is 0 Å². The van der Waals surface area contributed by atoms with Crippen LogP contribution < -0.4 is 4.90 Å². The number of sulfone groups is 1. The van der Waals surface area contributed by atoms with Gasteiger partial charge >= 0.3 is 0 Å². The summed E-state index contributed by atoms with van der Waals surface area (Å²) in [6, 6.07) is 0.378. The smallest absolute Gasteiger partial charge is 0.156 e. The van der Waals surface area contributed by atoms with Crippen molar-refractivity contribution in [1.82, 2.24) is 0 Å². The van der Waals surface area contributed by atoms with Crippen LogP contribution in [0.15, 0.2) is 0 Å². The van der Waals surface area contributed by atoms with Crippen LogP contribution in [0.25, 0.3) is 0 Å². The van der Waals surface area contributed by atoms with Crippen LogP contribution in [0.4, 0.5) is 0 Å². The summed E-state index contributed by atoms with van der Waals surface area (Å²) in [5.74, 6) is 0.842. The molecule has 0 spiro atoms. The number of nitrogens with one attached hydrogen (secondary N) is 1. The van der Waals surface area contributed by atoms with Gasteiger partial charge in [-0.25, -0.2) is 8.42 Å². The van der Waals surface area contributed by atoms with E-state index in [-0.39, 0.29) is 0 Å². The third-order valence-electron chi connectivity index (χ3n) is 3.51. The van der Waals surface area contributed by atoms with E-state index in [0.717, 1.165) is 19.5 Å². The van der Waals surface area contributed by atoms with Gasteiger partial charge < -0.3 is 4.90 Å². The third kappa shape index (κ3) is 4.42. The van der Waals surface area contributed by atoms with Crippen molar-refractivity contribution in [3.8, 4) is 0 Å². The number of hydrogen-bond acceptors (Lipinski definition) is 2. The Balaban J connectivity index is 2.48. The molecule has 16 heavy (non-hydrogen) atoms. The summed E-state index contributed by atoms with van der Waals surface area (Å²) in [5.41, 5.74) is 0. The molecule has 1 atom stereocenters. The van der Waals surface area contributed by atoms with Crippen molar-refractivity contribution < 1.29 is 13.3 Å². The molecular formula is C12H26NO2S+. The van der Waals surface area contributed by atoms with Crippen molar-refractivity contribution in [2.24, 2.45) is 0 Å². The second-order valence-corrected chi connectivity index (χ2v) is 7.19. The van der Waals surface area contributed by atoms with Crippen molar-refractivity contribution in [3.05, 3.63) is 0 Å². The van der Waals surface area contributed by atoms with Gasteiger partial charge in [0.05, 0.1) is 18.8 Å². The summed E-state index contributed by atoms with van der Waals surface area (Å²) >= 11 is 0. The molecule has 0 aromatic rings. The predicted octanol–water partition coefficient (Wildman–Crippen LogP) is 0.659. The summed E-state index contributed by atoms with van der Waals surface area (Å²) in [7, 11) is -2.71. The van der Waals surface area contributed by atoms with Gasteiger partial charge in [0.15, 0.2) is 9.84 Å². The fourth-order valence-corrected chi connectivity index (χ4v) is 4.28. The van der Waals surface area contributed by atoms with Gasteiger partial charge in [-0.3, -0.25) is 0 Å². The van der Waals surface area contributed by atoms with E-state index in [1.807, 2.05) is 0 Å². The summed E-state index contributed by atoms with van der Waals surface area (Å²) in [5, 5.41) is 0. The molecule has 0 saturated carbocycles. The number of hydrogen-bond donors (Lipinski definition) is 1. The molecule has 1 unspecified atom stereocenters. The maximum absolute atomic E-state index is 11.5. The zero-order valence-electron chi connectivity index (χ0n) is 10.7. The van der Waals surface area contributed by atoms with E-state index in [4.69, 9.17) is 0 Å². The van der Waals surface area contributed by atoms with Crippen molar-refractivity contribution in [2.45, 2.75) is 52.0 Å². The highest BCUT2D eigenvalue weighted by Crippen LogP contribution is 2.09. The number of quaternary nitrogens is 1. The van der Waals surface area contributed by atoms with E-state index < -0.39 is 9.84 Å². The molecule has 3 nitrogen and oxygen atoms in total. The van der Waals surface area contributed by atoms with Crippen LogP contribution in [-0.2, 0) is 9.84 Å². The van der Waals surface area contributed by atoms with Crippen LogP contribution in [0.5, 0.6) is 0 Å². The minimum absolute atomic E-state index is 0.378. The Hall–Kier alpha value is -0.0900. The number of unbranched alkanes of at least 4 members (excludes halogenated alkanes) is 2. The number of rotatable bonds is 7. The van der Waals surface area contributed by atoms with Gasteiger partial charge in [0.1, 0.15) is 11.8 Å². The van der Waals surface area contributed by atoms with E-state index in [9.17, 15) is 8.42 Å². The van der Waals surface area contributed by atoms with Gasteiger partial charge in [-0.15, -0.1) is 0 Å². The fraction of sp³-hybridized carbons (Fsp3) is 1.00. The van der Waals surface area contributed by atoms with Gasteiger partial charge in [0.2, 0.25) is 0 Å². The summed E-state index contributed by atoms with van der Waals surface area (Å²) in [6.45, 7) is 6.69. The minimum Gasteiger partial charge on any atom is -0.332 e. The SMILES string of the molecule is CCCC[NH+](CCCC)C1CCS(=O)(=O)C1. The minimum atomic E-state index is -2.71. The maximum atomic E-state index is 11.5. The molecule has 0 aliphatic carbocycles. The molecule has 4 heteroatoms. The van der Waals surface area contributed by atoms with Crippen LogP contribution >= 0.6 is 0 Å². The molecule has 0 amide bonds. The van der Waals surface area contributed by atoms with Crippen LogP contribution in [0.3, 0.4) is 0 Å². The molecule has 0 aromatic heterocycles. The highest BCUT2D eigenvalue weighted by atomic mass is 32.2. The fourth-order valence-electron chi connectivity index (χ4n) is 2.46. The first-order chi connectivity index (χ1) is 7.59. The second-order valence-electron chi connectivity index (χ2n) is 4.97. The average molecular weight is 248 g/mol. The zero-order chi connectivity index (χ0) is 12.0. The summed E-state index contributed by atoms with van der Waals surface area (Å²) in [4.78, 5) is 1.53. The van der Waals surface area contributed by atoms with Crippen LogP contribution in [-0.4, -0.2) is 39.1 Å². The van der Waals surface area contributed by atoms with E-state index in [0.29, 0.717) is 17.5 Å². The first-order valence-corrected chi connectivity index (χ1v) is 8.46. The van der Waals surface area contributed by atoms with Crippen LogP contribution in [0.1, 0.15) is 46.0 Å². The van der Waals surface area contributed by atoms with Gasteiger partial charge in [0.25, 0.3) is 0 Å². The maximum Gasteiger partial charge on any atom is 0.156 e.